The van der Waals surface area contributed by atoms with Crippen LogP contribution in [-0.2, 0) is 0 Å². The number of hydrogen-bond acceptors (Lipinski definition) is 3. The van der Waals surface area contributed by atoms with Crippen molar-refractivity contribution in [2.24, 2.45) is 0 Å². The summed E-state index contributed by atoms with van der Waals surface area (Å²) in [4.78, 5) is 4.01. The van der Waals surface area contributed by atoms with Crippen molar-refractivity contribution in [2.45, 2.75) is 0 Å². The first-order valence-corrected chi connectivity index (χ1v) is 6.27. The first-order chi connectivity index (χ1) is 9.24. The lowest BCUT2D eigenvalue weighted by molar-refractivity contribution is 1.03. The van der Waals surface area contributed by atoms with Crippen molar-refractivity contribution in [1.82, 2.24) is 19.7 Å². The molecule has 0 aliphatic rings. The van der Waals surface area contributed by atoms with E-state index in [9.17, 15) is 0 Å². The third-order valence-corrected chi connectivity index (χ3v) is 3.34. The van der Waals surface area contributed by atoms with Crippen molar-refractivity contribution in [2.75, 3.05) is 0 Å². The molecule has 0 aliphatic carbocycles. The fourth-order valence-corrected chi connectivity index (χ4v) is 1.94. The molecule has 0 unspecified atom stereocenters. The maximum atomic E-state index is 5.93. The molecule has 1 aromatic carbocycles. The van der Waals surface area contributed by atoms with E-state index < -0.39 is 0 Å². The second kappa shape index (κ2) is 4.99. The molecule has 3 rings (SSSR count). The van der Waals surface area contributed by atoms with Gasteiger partial charge in [-0.3, -0.25) is 0 Å². The van der Waals surface area contributed by atoms with Gasteiger partial charge in [0.1, 0.15) is 0 Å². The van der Waals surface area contributed by atoms with E-state index >= 15 is 0 Å². The van der Waals surface area contributed by atoms with Crippen LogP contribution >= 0.6 is 23.2 Å². The van der Waals surface area contributed by atoms with Gasteiger partial charge < -0.3 is 4.57 Å². The standard InChI is InChI=1S/C13H8Cl2N4/c14-11-7-12(17-18-13(11)15)9-1-3-10(4-2-9)19-6-5-16-8-19/h1-8H. The number of hydrogen-bond donors (Lipinski definition) is 0. The number of imidazole rings is 1. The van der Waals surface area contributed by atoms with E-state index in [2.05, 4.69) is 15.2 Å². The van der Waals surface area contributed by atoms with Crippen molar-refractivity contribution < 1.29 is 0 Å². The predicted octanol–water partition coefficient (Wildman–Crippen LogP) is 3.64. The predicted molar refractivity (Wildman–Crippen MR) is 74.6 cm³/mol. The number of nitrogens with zero attached hydrogens (tertiary/aromatic N) is 4. The smallest absolute Gasteiger partial charge is 0.170 e. The summed E-state index contributed by atoms with van der Waals surface area (Å²) in [5, 5.41) is 8.41. The average molecular weight is 291 g/mol. The van der Waals surface area contributed by atoms with Gasteiger partial charge in [-0.2, -0.15) is 0 Å². The summed E-state index contributed by atoms with van der Waals surface area (Å²) in [5.74, 6) is 0. The summed E-state index contributed by atoms with van der Waals surface area (Å²) in [6, 6.07) is 9.54. The molecule has 94 valence electrons. The van der Waals surface area contributed by atoms with Gasteiger partial charge in [-0.05, 0) is 18.2 Å². The van der Waals surface area contributed by atoms with Gasteiger partial charge in [0.05, 0.1) is 17.0 Å². The minimum Gasteiger partial charge on any atom is -0.306 e. The summed E-state index contributed by atoms with van der Waals surface area (Å²) in [5.41, 5.74) is 2.63. The molecule has 0 amide bonds. The van der Waals surface area contributed by atoms with Crippen LogP contribution in [-0.4, -0.2) is 19.7 Å². The van der Waals surface area contributed by atoms with E-state index in [1.54, 1.807) is 18.6 Å². The lowest BCUT2D eigenvalue weighted by Gasteiger charge is -2.04. The molecule has 19 heavy (non-hydrogen) atoms. The quantitative estimate of drug-likeness (QED) is 0.724. The topological polar surface area (TPSA) is 43.6 Å². The Morgan fingerprint density at radius 3 is 2.42 bits per heavy atom. The molecule has 0 fully saturated rings. The van der Waals surface area contributed by atoms with Gasteiger partial charge >= 0.3 is 0 Å². The molecule has 0 spiro atoms. The second-order valence-electron chi connectivity index (χ2n) is 3.89. The first-order valence-electron chi connectivity index (χ1n) is 5.51. The molecule has 6 heteroatoms. The molecular formula is C13H8Cl2N4. The number of benzene rings is 1. The number of rotatable bonds is 2. The third-order valence-electron chi connectivity index (χ3n) is 2.67. The minimum absolute atomic E-state index is 0.209. The van der Waals surface area contributed by atoms with Gasteiger partial charge in [0.25, 0.3) is 0 Å². The number of halogens is 2. The Balaban J connectivity index is 1.96. The van der Waals surface area contributed by atoms with Crippen LogP contribution in [0.3, 0.4) is 0 Å². The highest BCUT2D eigenvalue weighted by Gasteiger charge is 2.05. The monoisotopic (exact) mass is 290 g/mol. The Morgan fingerprint density at radius 2 is 1.79 bits per heavy atom. The molecule has 3 aromatic rings. The highest BCUT2D eigenvalue weighted by Crippen LogP contribution is 2.24. The normalized spacial score (nSPS) is 10.6. The molecule has 4 nitrogen and oxygen atoms in total. The van der Waals surface area contributed by atoms with Crippen molar-refractivity contribution in [3.8, 4) is 16.9 Å². The fraction of sp³-hybridized carbons (Fsp3) is 0. The molecule has 0 N–H and O–H groups in total. The van der Waals surface area contributed by atoms with E-state index in [1.165, 1.54) is 0 Å². The first kappa shape index (κ1) is 12.1. The Bertz CT molecular complexity index is 693. The van der Waals surface area contributed by atoms with E-state index in [4.69, 9.17) is 23.2 Å². The second-order valence-corrected chi connectivity index (χ2v) is 4.65. The van der Waals surface area contributed by atoms with Crippen LogP contribution < -0.4 is 0 Å². The largest absolute Gasteiger partial charge is 0.306 e. The van der Waals surface area contributed by atoms with Crippen LogP contribution in [0.2, 0.25) is 10.2 Å². The zero-order valence-corrected chi connectivity index (χ0v) is 11.2. The van der Waals surface area contributed by atoms with E-state index in [1.807, 2.05) is 35.0 Å². The molecule has 0 radical (unpaired) electrons. The lowest BCUT2D eigenvalue weighted by Crippen LogP contribution is -1.91. The summed E-state index contributed by atoms with van der Waals surface area (Å²) < 4.78 is 1.92. The van der Waals surface area contributed by atoms with Crippen LogP contribution in [0.5, 0.6) is 0 Å². The van der Waals surface area contributed by atoms with Gasteiger partial charge in [-0.15, -0.1) is 10.2 Å². The summed E-state index contributed by atoms with van der Waals surface area (Å²) in [7, 11) is 0. The molecule has 0 saturated heterocycles. The van der Waals surface area contributed by atoms with Crippen molar-refractivity contribution in [1.29, 1.82) is 0 Å². The maximum Gasteiger partial charge on any atom is 0.170 e. The average Bonchev–Trinajstić information content (AvgIpc) is 2.96. The molecule has 0 saturated carbocycles. The van der Waals surface area contributed by atoms with Gasteiger partial charge in [0.15, 0.2) is 5.15 Å². The molecule has 2 aromatic heterocycles. The number of aromatic nitrogens is 4. The zero-order chi connectivity index (χ0) is 13.2. The molecule has 0 aliphatic heterocycles. The van der Waals surface area contributed by atoms with Crippen LogP contribution in [0.15, 0.2) is 49.1 Å². The van der Waals surface area contributed by atoms with Crippen molar-refractivity contribution in [3.63, 3.8) is 0 Å². The summed E-state index contributed by atoms with van der Waals surface area (Å²) >= 11 is 11.7. The molecule has 0 bridgehead atoms. The zero-order valence-electron chi connectivity index (χ0n) is 9.66. The Kier molecular flexibility index (Phi) is 3.19. The van der Waals surface area contributed by atoms with E-state index in [-0.39, 0.29) is 5.15 Å². The van der Waals surface area contributed by atoms with E-state index in [0.717, 1.165) is 11.3 Å². The van der Waals surface area contributed by atoms with Crippen LogP contribution in [0.4, 0.5) is 0 Å². The molecule has 2 heterocycles. The van der Waals surface area contributed by atoms with Crippen LogP contribution in [0.25, 0.3) is 16.9 Å². The third kappa shape index (κ3) is 2.45. The van der Waals surface area contributed by atoms with Crippen molar-refractivity contribution >= 4 is 23.2 Å². The van der Waals surface area contributed by atoms with E-state index in [0.29, 0.717) is 10.7 Å². The van der Waals surface area contributed by atoms with Crippen molar-refractivity contribution in [3.05, 3.63) is 59.2 Å². The van der Waals surface area contributed by atoms with Gasteiger partial charge in [0.2, 0.25) is 0 Å². The summed E-state index contributed by atoms with van der Waals surface area (Å²) in [6.45, 7) is 0. The van der Waals surface area contributed by atoms with Gasteiger partial charge in [0, 0.05) is 23.6 Å². The minimum atomic E-state index is 0.209. The van der Waals surface area contributed by atoms with Crippen LogP contribution in [0.1, 0.15) is 0 Å². The summed E-state index contributed by atoms with van der Waals surface area (Å²) in [6.07, 6.45) is 5.36. The molecular weight excluding hydrogens is 283 g/mol. The highest BCUT2D eigenvalue weighted by molar-refractivity contribution is 6.41. The van der Waals surface area contributed by atoms with Crippen LogP contribution in [0, 0.1) is 0 Å². The molecule has 0 atom stereocenters. The maximum absolute atomic E-state index is 5.93. The Hall–Kier alpha value is -1.91. The van der Waals surface area contributed by atoms with Gasteiger partial charge in [-0.1, -0.05) is 35.3 Å². The SMILES string of the molecule is Clc1cc(-c2ccc(-n3ccnc3)cc2)nnc1Cl. The Morgan fingerprint density at radius 1 is 1.00 bits per heavy atom. The lowest BCUT2D eigenvalue weighted by atomic mass is 10.1. The van der Waals surface area contributed by atoms with Gasteiger partial charge in [-0.25, -0.2) is 4.98 Å². The fourth-order valence-electron chi connectivity index (χ4n) is 1.71. The highest BCUT2D eigenvalue weighted by atomic mass is 35.5. The Labute approximate surface area is 119 Å².